The van der Waals surface area contributed by atoms with Crippen LogP contribution >= 0.6 is 0 Å². The van der Waals surface area contributed by atoms with E-state index in [1.165, 1.54) is 0 Å². The number of hydrogen-bond acceptors (Lipinski definition) is 3. The van der Waals surface area contributed by atoms with Crippen LogP contribution in [0.3, 0.4) is 0 Å². The second kappa shape index (κ2) is 7.87. The fraction of sp³-hybridized carbons (Fsp3) is 0.579. The van der Waals surface area contributed by atoms with Gasteiger partial charge in [0.05, 0.1) is 6.04 Å². The molecule has 3 amide bonds. The molecular weight excluding hydrogens is 318 g/mol. The van der Waals surface area contributed by atoms with Crippen LogP contribution in [-0.2, 0) is 4.79 Å². The molecule has 6 nitrogen and oxygen atoms in total. The van der Waals surface area contributed by atoms with Crippen LogP contribution in [-0.4, -0.2) is 53.7 Å². The molecule has 2 N–H and O–H groups in total. The zero-order chi connectivity index (χ0) is 17.8. The average Bonchev–Trinajstić information content (AvgIpc) is 2.96. The van der Waals surface area contributed by atoms with E-state index < -0.39 is 0 Å². The summed E-state index contributed by atoms with van der Waals surface area (Å²) >= 11 is 0. The molecule has 2 aliphatic rings. The van der Waals surface area contributed by atoms with E-state index in [2.05, 4.69) is 5.32 Å². The molecule has 25 heavy (non-hydrogen) atoms. The Morgan fingerprint density at radius 2 is 2.04 bits per heavy atom. The first-order valence-electron chi connectivity index (χ1n) is 9.13. The molecule has 3 rings (SSSR count). The van der Waals surface area contributed by atoms with Crippen molar-refractivity contribution in [3.8, 4) is 0 Å². The number of hydrogen-bond donors (Lipinski definition) is 2. The van der Waals surface area contributed by atoms with Gasteiger partial charge in [0.2, 0.25) is 5.91 Å². The second-order valence-corrected chi connectivity index (χ2v) is 7.05. The Morgan fingerprint density at radius 3 is 2.76 bits per heavy atom. The van der Waals surface area contributed by atoms with Gasteiger partial charge in [0.15, 0.2) is 0 Å². The Kier molecular flexibility index (Phi) is 5.58. The predicted octanol–water partition coefficient (Wildman–Crippen LogP) is 2.05. The summed E-state index contributed by atoms with van der Waals surface area (Å²) in [6.45, 7) is 3.34. The summed E-state index contributed by atoms with van der Waals surface area (Å²) in [5.41, 5.74) is 2.03. The molecule has 0 saturated carbocycles. The minimum atomic E-state index is -0.169. The molecule has 6 heteroatoms. The maximum atomic E-state index is 12.6. The maximum Gasteiger partial charge on any atom is 0.317 e. The van der Waals surface area contributed by atoms with Gasteiger partial charge < -0.3 is 20.2 Å². The lowest BCUT2D eigenvalue weighted by Gasteiger charge is -2.36. The Balaban J connectivity index is 1.60. The first-order chi connectivity index (χ1) is 12.1. The van der Waals surface area contributed by atoms with E-state index in [0.717, 1.165) is 37.1 Å². The van der Waals surface area contributed by atoms with Gasteiger partial charge in [0, 0.05) is 37.8 Å². The number of carbonyl (C=O) groups excluding carboxylic acids is 2. The van der Waals surface area contributed by atoms with Gasteiger partial charge in [-0.3, -0.25) is 4.79 Å². The van der Waals surface area contributed by atoms with E-state index in [1.807, 2.05) is 36.1 Å². The van der Waals surface area contributed by atoms with Crippen molar-refractivity contribution < 1.29 is 14.7 Å². The summed E-state index contributed by atoms with van der Waals surface area (Å²) in [6.07, 6.45) is 3.98. The van der Waals surface area contributed by atoms with Gasteiger partial charge >= 0.3 is 6.03 Å². The molecule has 136 valence electrons. The summed E-state index contributed by atoms with van der Waals surface area (Å²) in [6, 6.07) is 7.69. The number of likely N-dealkylation sites (tertiary alicyclic amines) is 1. The van der Waals surface area contributed by atoms with Crippen molar-refractivity contribution in [2.75, 3.05) is 24.6 Å². The van der Waals surface area contributed by atoms with Crippen LogP contribution in [0.5, 0.6) is 0 Å². The zero-order valence-electron chi connectivity index (χ0n) is 14.8. The molecule has 0 unspecified atom stereocenters. The smallest absolute Gasteiger partial charge is 0.317 e. The molecule has 2 saturated heterocycles. The number of rotatable bonds is 4. The molecule has 2 atom stereocenters. The number of nitrogens with one attached hydrogen (secondary N) is 1. The van der Waals surface area contributed by atoms with Crippen LogP contribution in [0.1, 0.15) is 37.7 Å². The third-order valence-corrected chi connectivity index (χ3v) is 5.15. The molecule has 0 aliphatic carbocycles. The van der Waals surface area contributed by atoms with Crippen LogP contribution in [0.4, 0.5) is 10.5 Å². The predicted molar refractivity (Wildman–Crippen MR) is 96.5 cm³/mol. The van der Waals surface area contributed by atoms with Crippen molar-refractivity contribution in [3.05, 3.63) is 29.8 Å². The molecule has 0 aromatic heterocycles. The maximum absolute atomic E-state index is 12.6. The lowest BCUT2D eigenvalue weighted by atomic mass is 10.00. The van der Waals surface area contributed by atoms with E-state index in [0.29, 0.717) is 19.4 Å². The molecule has 0 spiro atoms. The summed E-state index contributed by atoms with van der Waals surface area (Å²) in [7, 11) is 0. The van der Waals surface area contributed by atoms with Gasteiger partial charge in [0.1, 0.15) is 0 Å². The lowest BCUT2D eigenvalue weighted by molar-refractivity contribution is -0.117. The Labute approximate surface area is 148 Å². The van der Waals surface area contributed by atoms with Crippen molar-refractivity contribution in [2.24, 2.45) is 0 Å². The lowest BCUT2D eigenvalue weighted by Crippen LogP contribution is -2.52. The van der Waals surface area contributed by atoms with Crippen molar-refractivity contribution >= 4 is 17.6 Å². The molecule has 1 aromatic carbocycles. The van der Waals surface area contributed by atoms with Gasteiger partial charge in [-0.2, -0.15) is 0 Å². The van der Waals surface area contributed by atoms with Crippen LogP contribution < -0.4 is 10.2 Å². The summed E-state index contributed by atoms with van der Waals surface area (Å²) in [5.74, 6) is 0.0414. The van der Waals surface area contributed by atoms with Gasteiger partial charge in [-0.15, -0.1) is 0 Å². The highest BCUT2D eigenvalue weighted by atomic mass is 16.3. The fourth-order valence-corrected chi connectivity index (χ4v) is 3.75. The molecular formula is C19H27N3O3. The molecule has 2 aliphatic heterocycles. The van der Waals surface area contributed by atoms with Gasteiger partial charge in [-0.1, -0.05) is 17.7 Å². The normalized spacial score (nSPS) is 23.8. The fourth-order valence-electron chi connectivity index (χ4n) is 3.75. The number of benzene rings is 1. The third-order valence-electron chi connectivity index (χ3n) is 5.15. The number of aliphatic hydroxyl groups excluding tert-OH is 1. The zero-order valence-corrected chi connectivity index (χ0v) is 14.8. The highest BCUT2D eigenvalue weighted by molar-refractivity contribution is 5.96. The van der Waals surface area contributed by atoms with Crippen molar-refractivity contribution in [1.82, 2.24) is 10.2 Å². The van der Waals surface area contributed by atoms with E-state index >= 15 is 0 Å². The van der Waals surface area contributed by atoms with Crippen molar-refractivity contribution in [3.63, 3.8) is 0 Å². The molecule has 2 heterocycles. The number of carbonyl (C=O) groups is 2. The summed E-state index contributed by atoms with van der Waals surface area (Å²) in [4.78, 5) is 28.5. The number of nitrogens with zero attached hydrogens (tertiary/aromatic N) is 2. The largest absolute Gasteiger partial charge is 0.396 e. The number of anilines is 1. The van der Waals surface area contributed by atoms with Crippen LogP contribution in [0, 0.1) is 6.92 Å². The average molecular weight is 345 g/mol. The highest BCUT2D eigenvalue weighted by Gasteiger charge is 2.34. The SMILES string of the molecule is Cc1ccc(N2C[C@H](NC(=O)N3CCCC[C@@H]3CCO)CC2=O)cc1. The minimum absolute atomic E-state index is 0.0414. The van der Waals surface area contributed by atoms with Crippen LogP contribution in [0.15, 0.2) is 24.3 Å². The standard InChI is InChI=1S/C19H27N3O3/c1-14-5-7-17(8-6-14)22-13-15(12-18(22)24)20-19(25)21-10-3-2-4-16(21)9-11-23/h5-8,15-16,23H,2-4,9-13H2,1H3,(H,20,25)/t15-,16-/m1/s1. The summed E-state index contributed by atoms with van der Waals surface area (Å²) < 4.78 is 0. The second-order valence-electron chi connectivity index (χ2n) is 7.05. The third kappa shape index (κ3) is 4.12. The molecule has 0 bridgehead atoms. The summed E-state index contributed by atoms with van der Waals surface area (Å²) in [5, 5.41) is 12.2. The van der Waals surface area contributed by atoms with E-state index in [4.69, 9.17) is 0 Å². The molecule has 1 aromatic rings. The monoisotopic (exact) mass is 345 g/mol. The van der Waals surface area contributed by atoms with E-state index in [-0.39, 0.29) is 30.6 Å². The number of aliphatic hydroxyl groups is 1. The number of amides is 3. The van der Waals surface area contributed by atoms with Gasteiger partial charge in [-0.25, -0.2) is 4.79 Å². The Hall–Kier alpha value is -2.08. The quantitative estimate of drug-likeness (QED) is 0.877. The van der Waals surface area contributed by atoms with Gasteiger partial charge in [-0.05, 0) is 44.7 Å². The van der Waals surface area contributed by atoms with Gasteiger partial charge in [0.25, 0.3) is 0 Å². The van der Waals surface area contributed by atoms with Crippen molar-refractivity contribution in [2.45, 2.75) is 51.1 Å². The van der Waals surface area contributed by atoms with Crippen LogP contribution in [0.2, 0.25) is 0 Å². The number of piperidine rings is 1. The van der Waals surface area contributed by atoms with Crippen molar-refractivity contribution in [1.29, 1.82) is 0 Å². The Bertz CT molecular complexity index is 615. The van der Waals surface area contributed by atoms with Crippen LogP contribution in [0.25, 0.3) is 0 Å². The Morgan fingerprint density at radius 1 is 1.28 bits per heavy atom. The highest BCUT2D eigenvalue weighted by Crippen LogP contribution is 2.23. The molecule has 0 radical (unpaired) electrons. The topological polar surface area (TPSA) is 72.9 Å². The van der Waals surface area contributed by atoms with E-state index in [9.17, 15) is 14.7 Å². The first kappa shape index (κ1) is 17.7. The minimum Gasteiger partial charge on any atom is -0.396 e. The molecule has 2 fully saturated rings. The van der Waals surface area contributed by atoms with E-state index in [1.54, 1.807) is 4.90 Å². The first-order valence-corrected chi connectivity index (χ1v) is 9.13. The number of urea groups is 1. The number of aryl methyl sites for hydroxylation is 1.